The topological polar surface area (TPSA) is 70.7 Å². The van der Waals surface area contributed by atoms with Crippen LogP contribution >= 0.6 is 0 Å². The van der Waals surface area contributed by atoms with Crippen LogP contribution in [0.5, 0.6) is 5.75 Å². The highest BCUT2D eigenvalue weighted by molar-refractivity contribution is 5.76. The number of carbonyl (C=O) groups excluding carboxylic acids is 2. The van der Waals surface area contributed by atoms with E-state index in [9.17, 15) is 9.59 Å². The molecule has 2 N–H and O–H groups in total. The smallest absolute Gasteiger partial charge is 0.315 e. The number of para-hydroxylation sites is 1. The third-order valence-electron chi connectivity index (χ3n) is 4.83. The summed E-state index contributed by atoms with van der Waals surface area (Å²) >= 11 is 0. The van der Waals surface area contributed by atoms with E-state index in [-0.39, 0.29) is 18.0 Å². The van der Waals surface area contributed by atoms with Crippen molar-refractivity contribution in [3.05, 3.63) is 29.8 Å². The summed E-state index contributed by atoms with van der Waals surface area (Å²) in [5.74, 6) is 1.10. The summed E-state index contributed by atoms with van der Waals surface area (Å²) in [6.07, 6.45) is 5.44. The quantitative estimate of drug-likeness (QED) is 0.806. The maximum atomic E-state index is 12.1. The van der Waals surface area contributed by atoms with Gasteiger partial charge in [-0.3, -0.25) is 4.79 Å². The molecule has 2 aliphatic heterocycles. The van der Waals surface area contributed by atoms with Crippen LogP contribution in [-0.2, 0) is 4.79 Å². The number of amides is 3. The third-order valence-corrected chi connectivity index (χ3v) is 4.83. The highest BCUT2D eigenvalue weighted by atomic mass is 16.5. The first kappa shape index (κ1) is 17.6. The number of rotatable bonds is 5. The first-order valence-electron chi connectivity index (χ1n) is 9.28. The Morgan fingerprint density at radius 2 is 2.12 bits per heavy atom. The van der Waals surface area contributed by atoms with Crippen molar-refractivity contribution < 1.29 is 14.3 Å². The minimum atomic E-state index is -0.163. The van der Waals surface area contributed by atoms with E-state index in [1.165, 1.54) is 0 Å². The predicted molar refractivity (Wildman–Crippen MR) is 95.5 cm³/mol. The van der Waals surface area contributed by atoms with Crippen LogP contribution in [0.4, 0.5) is 4.79 Å². The van der Waals surface area contributed by atoms with Gasteiger partial charge in [-0.15, -0.1) is 0 Å². The van der Waals surface area contributed by atoms with E-state index in [0.29, 0.717) is 19.6 Å². The molecule has 0 bridgehead atoms. The van der Waals surface area contributed by atoms with E-state index >= 15 is 0 Å². The molecule has 0 aliphatic carbocycles. The minimum absolute atomic E-state index is 0.0165. The molecule has 1 atom stereocenters. The molecule has 1 fully saturated rings. The van der Waals surface area contributed by atoms with E-state index in [4.69, 9.17) is 4.74 Å². The van der Waals surface area contributed by atoms with E-state index < -0.39 is 0 Å². The van der Waals surface area contributed by atoms with Crippen LogP contribution in [0.25, 0.3) is 0 Å². The van der Waals surface area contributed by atoms with Crippen LogP contribution in [0, 0.1) is 0 Å². The molecule has 1 aromatic carbocycles. The Kier molecular flexibility index (Phi) is 6.14. The molecular weight excluding hydrogens is 318 g/mol. The average Bonchev–Trinajstić information content (AvgIpc) is 2.83. The van der Waals surface area contributed by atoms with Gasteiger partial charge < -0.3 is 20.3 Å². The third kappa shape index (κ3) is 4.87. The molecule has 1 saturated heterocycles. The van der Waals surface area contributed by atoms with Gasteiger partial charge in [0.25, 0.3) is 0 Å². The van der Waals surface area contributed by atoms with Crippen molar-refractivity contribution in [2.24, 2.45) is 0 Å². The highest BCUT2D eigenvalue weighted by Crippen LogP contribution is 2.31. The van der Waals surface area contributed by atoms with Gasteiger partial charge in [-0.25, -0.2) is 4.79 Å². The maximum absolute atomic E-state index is 12.1. The van der Waals surface area contributed by atoms with Gasteiger partial charge >= 0.3 is 6.03 Å². The Balaban J connectivity index is 1.39. The van der Waals surface area contributed by atoms with Crippen molar-refractivity contribution >= 4 is 11.9 Å². The van der Waals surface area contributed by atoms with Crippen LogP contribution in [0.2, 0.25) is 0 Å². The summed E-state index contributed by atoms with van der Waals surface area (Å²) in [5, 5.41) is 5.92. The first-order valence-corrected chi connectivity index (χ1v) is 9.28. The van der Waals surface area contributed by atoms with E-state index in [2.05, 4.69) is 10.6 Å². The molecule has 0 spiro atoms. The van der Waals surface area contributed by atoms with Crippen molar-refractivity contribution in [3.63, 3.8) is 0 Å². The summed E-state index contributed by atoms with van der Waals surface area (Å²) < 4.78 is 5.61. The number of nitrogens with one attached hydrogen (secondary N) is 2. The second-order valence-electron chi connectivity index (χ2n) is 6.67. The molecule has 2 aliphatic rings. The summed E-state index contributed by atoms with van der Waals surface area (Å²) in [6.45, 7) is 2.75. The number of likely N-dealkylation sites (tertiary alicyclic amines) is 1. The van der Waals surface area contributed by atoms with Crippen LogP contribution in [0.1, 0.15) is 50.1 Å². The minimum Gasteiger partial charge on any atom is -0.493 e. The lowest BCUT2D eigenvalue weighted by Crippen LogP contribution is -2.41. The van der Waals surface area contributed by atoms with Crippen molar-refractivity contribution in [2.75, 3.05) is 26.2 Å². The van der Waals surface area contributed by atoms with E-state index in [1.807, 2.05) is 29.2 Å². The largest absolute Gasteiger partial charge is 0.493 e. The second-order valence-corrected chi connectivity index (χ2v) is 6.67. The van der Waals surface area contributed by atoms with Gasteiger partial charge in [0.15, 0.2) is 0 Å². The molecular formula is C19H27N3O3. The Morgan fingerprint density at radius 3 is 3.04 bits per heavy atom. The molecule has 25 heavy (non-hydrogen) atoms. The Labute approximate surface area is 148 Å². The van der Waals surface area contributed by atoms with Gasteiger partial charge in [-0.1, -0.05) is 24.6 Å². The lowest BCUT2D eigenvalue weighted by atomic mass is 10.0. The molecule has 1 aromatic rings. The number of urea groups is 1. The summed E-state index contributed by atoms with van der Waals surface area (Å²) in [7, 11) is 0. The van der Waals surface area contributed by atoms with Crippen LogP contribution in [0.15, 0.2) is 24.3 Å². The number of fused-ring (bicyclic) bond motifs is 1. The fraction of sp³-hybridized carbons (Fsp3) is 0.579. The highest BCUT2D eigenvalue weighted by Gasteiger charge is 2.22. The first-order chi connectivity index (χ1) is 12.2. The van der Waals surface area contributed by atoms with Crippen molar-refractivity contribution in [1.29, 1.82) is 0 Å². The fourth-order valence-corrected chi connectivity index (χ4v) is 3.45. The zero-order chi connectivity index (χ0) is 17.5. The number of ether oxygens (including phenoxy) is 1. The summed E-state index contributed by atoms with van der Waals surface area (Å²) in [5.41, 5.74) is 1.03. The van der Waals surface area contributed by atoms with Crippen LogP contribution in [-0.4, -0.2) is 43.1 Å². The van der Waals surface area contributed by atoms with Crippen molar-refractivity contribution in [1.82, 2.24) is 15.5 Å². The molecule has 0 radical (unpaired) electrons. The normalized spacial score (nSPS) is 20.2. The molecule has 3 amide bonds. The van der Waals surface area contributed by atoms with Crippen LogP contribution in [0.3, 0.4) is 0 Å². The Bertz CT molecular complexity index is 605. The zero-order valence-corrected chi connectivity index (χ0v) is 14.6. The fourth-order valence-electron chi connectivity index (χ4n) is 3.45. The lowest BCUT2D eigenvalue weighted by molar-refractivity contribution is -0.130. The SMILES string of the molecule is O=C(NCCCN1CCCCCC1=O)N[C@H]1CCOc2ccccc21. The number of hydrogen-bond acceptors (Lipinski definition) is 3. The zero-order valence-electron chi connectivity index (χ0n) is 14.6. The molecule has 136 valence electrons. The molecule has 3 rings (SSSR count). The molecule has 0 aromatic heterocycles. The van der Waals surface area contributed by atoms with Crippen molar-refractivity contribution in [2.45, 2.75) is 44.6 Å². The number of carbonyl (C=O) groups is 2. The van der Waals surface area contributed by atoms with Gasteiger partial charge in [-0.05, 0) is 25.3 Å². The molecule has 2 heterocycles. The van der Waals surface area contributed by atoms with Gasteiger partial charge in [0.05, 0.1) is 12.6 Å². The summed E-state index contributed by atoms with van der Waals surface area (Å²) in [6, 6.07) is 7.63. The lowest BCUT2D eigenvalue weighted by Gasteiger charge is -2.26. The molecule has 6 heteroatoms. The standard InChI is InChI=1S/C19H27N3O3/c23-18-9-2-1-5-12-22(18)13-6-11-20-19(24)21-16-10-14-25-17-8-4-3-7-15(16)17/h3-4,7-8,16H,1-2,5-6,9-14H2,(H2,20,21,24)/t16-/m0/s1. The van der Waals surface area contributed by atoms with Crippen molar-refractivity contribution in [3.8, 4) is 5.75 Å². The van der Waals surface area contributed by atoms with E-state index in [1.54, 1.807) is 0 Å². The number of nitrogens with zero attached hydrogens (tertiary/aromatic N) is 1. The maximum Gasteiger partial charge on any atom is 0.315 e. The van der Waals surface area contributed by atoms with E-state index in [0.717, 1.165) is 56.5 Å². The Morgan fingerprint density at radius 1 is 1.24 bits per heavy atom. The number of benzene rings is 1. The van der Waals surface area contributed by atoms with Gasteiger partial charge in [-0.2, -0.15) is 0 Å². The molecule has 0 unspecified atom stereocenters. The Hall–Kier alpha value is -2.24. The predicted octanol–water partition coefficient (Wildman–Crippen LogP) is 2.60. The molecule has 0 saturated carbocycles. The number of hydrogen-bond donors (Lipinski definition) is 2. The monoisotopic (exact) mass is 345 g/mol. The van der Waals surface area contributed by atoms with Gasteiger partial charge in [0, 0.05) is 38.0 Å². The summed E-state index contributed by atoms with van der Waals surface area (Å²) in [4.78, 5) is 26.0. The average molecular weight is 345 g/mol. The van der Waals surface area contributed by atoms with Gasteiger partial charge in [0.1, 0.15) is 5.75 Å². The van der Waals surface area contributed by atoms with Crippen LogP contribution < -0.4 is 15.4 Å². The van der Waals surface area contributed by atoms with Gasteiger partial charge in [0.2, 0.25) is 5.91 Å². The second kappa shape index (κ2) is 8.74. The molecule has 6 nitrogen and oxygen atoms in total.